The van der Waals surface area contributed by atoms with Gasteiger partial charge in [-0.3, -0.25) is 14.4 Å². The van der Waals surface area contributed by atoms with E-state index in [1.54, 1.807) is 24.3 Å². The third-order valence-electron chi connectivity index (χ3n) is 9.81. The number of aliphatic hydroxyl groups excluding tert-OH is 1. The zero-order chi connectivity index (χ0) is 31.6. The largest absolute Gasteiger partial charge is 0.494 e. The summed E-state index contributed by atoms with van der Waals surface area (Å²) >= 11 is 0. The minimum atomic E-state index is -1.20. The number of nitrogens with zero attached hydrogens (tertiary/aromatic N) is 1. The molecule has 0 aromatic heterocycles. The van der Waals surface area contributed by atoms with Gasteiger partial charge in [-0.1, -0.05) is 67.6 Å². The number of likely N-dealkylation sites (tertiary alicyclic amines) is 1. The van der Waals surface area contributed by atoms with Crippen LogP contribution in [0.4, 0.5) is 5.69 Å². The van der Waals surface area contributed by atoms with Crippen molar-refractivity contribution in [2.45, 2.75) is 69.4 Å². The number of benzene rings is 3. The van der Waals surface area contributed by atoms with Gasteiger partial charge in [0.1, 0.15) is 17.4 Å². The summed E-state index contributed by atoms with van der Waals surface area (Å²) in [6.07, 6.45) is 1.89. The van der Waals surface area contributed by atoms with Crippen LogP contribution < -0.4 is 15.4 Å². The molecule has 0 aliphatic carbocycles. The van der Waals surface area contributed by atoms with Crippen LogP contribution in [0.1, 0.15) is 44.2 Å². The van der Waals surface area contributed by atoms with Gasteiger partial charge in [0, 0.05) is 12.2 Å². The summed E-state index contributed by atoms with van der Waals surface area (Å²) in [7, 11) is 0. The molecule has 3 aromatic rings. The number of carbonyl (C=O) groups is 3. The summed E-state index contributed by atoms with van der Waals surface area (Å²) in [6, 6.07) is 24.6. The van der Waals surface area contributed by atoms with Gasteiger partial charge in [0.2, 0.25) is 17.7 Å². The molecule has 9 nitrogen and oxygen atoms in total. The van der Waals surface area contributed by atoms with Gasteiger partial charge in [-0.15, -0.1) is 0 Å². The van der Waals surface area contributed by atoms with E-state index in [0.717, 1.165) is 11.1 Å². The summed E-state index contributed by atoms with van der Waals surface area (Å²) in [6.45, 7) is 4.35. The maximum Gasteiger partial charge on any atom is 0.246 e. The molecular weight excluding hydrogens is 570 g/mol. The highest BCUT2D eigenvalue weighted by atomic mass is 16.5. The standard InChI is InChI=1S/C36H41N3O6/c1-3-35-19-20-36(45-35)30(29(35)32(41)38-26-15-17-28(18-16-26)44-4-2)34(43)39(27(23-40)21-24-11-7-5-8-12-24)31(36)33(42)37-22-25-13-9-6-10-14-25/h5-18,27,29-31,40H,3-4,19-23H2,1-2H3,(H,37,42)(H,38,41)/t27-,29+,30+,31?,35-,36?/m1/s1. The van der Waals surface area contributed by atoms with Gasteiger partial charge in [0.15, 0.2) is 0 Å². The second-order valence-corrected chi connectivity index (χ2v) is 12.3. The average Bonchev–Trinajstić information content (AvgIpc) is 3.68. The first-order valence-electron chi connectivity index (χ1n) is 15.9. The van der Waals surface area contributed by atoms with Crippen molar-refractivity contribution < 1.29 is 29.0 Å². The highest BCUT2D eigenvalue weighted by Gasteiger charge is 2.79. The summed E-state index contributed by atoms with van der Waals surface area (Å²) in [4.78, 5) is 44.6. The topological polar surface area (TPSA) is 117 Å². The molecule has 9 heteroatoms. The number of carbonyl (C=O) groups excluding carboxylic acids is 3. The maximum absolute atomic E-state index is 14.7. The summed E-state index contributed by atoms with van der Waals surface area (Å²) in [5.74, 6) is -1.96. The van der Waals surface area contributed by atoms with Gasteiger partial charge in [0.25, 0.3) is 0 Å². The minimum Gasteiger partial charge on any atom is -0.494 e. The molecule has 3 N–H and O–H groups in total. The average molecular weight is 612 g/mol. The molecule has 3 saturated heterocycles. The monoisotopic (exact) mass is 611 g/mol. The number of hydrogen-bond donors (Lipinski definition) is 3. The number of ether oxygens (including phenoxy) is 2. The lowest BCUT2D eigenvalue weighted by molar-refractivity contribution is -0.150. The van der Waals surface area contributed by atoms with Crippen molar-refractivity contribution in [3.8, 4) is 5.75 Å². The normalized spacial score (nSPS) is 27.2. The third kappa shape index (κ3) is 5.48. The van der Waals surface area contributed by atoms with Crippen LogP contribution in [0.5, 0.6) is 5.75 Å². The molecule has 3 aliphatic rings. The molecule has 3 heterocycles. The number of anilines is 1. The molecule has 2 unspecified atom stereocenters. The van der Waals surface area contributed by atoms with E-state index in [0.29, 0.717) is 43.7 Å². The molecule has 3 fully saturated rings. The molecule has 0 saturated carbocycles. The SMILES string of the molecule is CCOc1ccc(NC(=O)[C@@H]2[C@H]3C(=O)N([C@@H](CO)Cc4ccccc4)C(C(=O)NCc4ccccc4)C34CC[C@@]2(CC)O4)cc1. The second-order valence-electron chi connectivity index (χ2n) is 12.3. The van der Waals surface area contributed by atoms with Crippen LogP contribution in [0.25, 0.3) is 0 Å². The number of rotatable bonds is 12. The van der Waals surface area contributed by atoms with E-state index in [1.807, 2.05) is 74.5 Å². The predicted molar refractivity (Wildman–Crippen MR) is 169 cm³/mol. The van der Waals surface area contributed by atoms with Crippen LogP contribution in [0, 0.1) is 11.8 Å². The van der Waals surface area contributed by atoms with Crippen LogP contribution in [-0.4, -0.2) is 64.2 Å². The molecule has 45 heavy (non-hydrogen) atoms. The molecule has 3 amide bonds. The highest BCUT2D eigenvalue weighted by Crippen LogP contribution is 2.64. The van der Waals surface area contributed by atoms with Gasteiger partial charge < -0.3 is 30.1 Å². The van der Waals surface area contributed by atoms with Gasteiger partial charge in [-0.25, -0.2) is 0 Å². The Bertz CT molecular complexity index is 1520. The number of nitrogens with one attached hydrogen (secondary N) is 2. The molecule has 3 aliphatic heterocycles. The molecule has 3 aromatic carbocycles. The quantitative estimate of drug-likeness (QED) is 0.284. The Balaban J connectivity index is 1.35. The molecule has 6 rings (SSSR count). The van der Waals surface area contributed by atoms with Crippen molar-refractivity contribution in [1.29, 1.82) is 0 Å². The van der Waals surface area contributed by atoms with Crippen molar-refractivity contribution in [3.63, 3.8) is 0 Å². The fourth-order valence-corrected chi connectivity index (χ4v) is 7.79. The summed E-state index contributed by atoms with van der Waals surface area (Å²) in [5, 5.41) is 16.7. The Morgan fingerprint density at radius 2 is 1.62 bits per heavy atom. The van der Waals surface area contributed by atoms with Crippen LogP contribution in [-0.2, 0) is 32.1 Å². The fraction of sp³-hybridized carbons (Fsp3) is 0.417. The van der Waals surface area contributed by atoms with Crippen LogP contribution >= 0.6 is 0 Å². The Hall–Kier alpha value is -4.21. The zero-order valence-electron chi connectivity index (χ0n) is 25.8. The van der Waals surface area contributed by atoms with Crippen molar-refractivity contribution in [2.24, 2.45) is 11.8 Å². The Morgan fingerprint density at radius 3 is 2.24 bits per heavy atom. The first-order valence-corrected chi connectivity index (χ1v) is 15.9. The van der Waals surface area contributed by atoms with Gasteiger partial charge in [-0.05, 0) is 68.0 Å². The molecule has 236 valence electrons. The zero-order valence-corrected chi connectivity index (χ0v) is 25.8. The maximum atomic E-state index is 14.7. The second kappa shape index (κ2) is 12.7. The predicted octanol–water partition coefficient (Wildman–Crippen LogP) is 4.10. The molecule has 0 radical (unpaired) electrons. The first kappa shape index (κ1) is 30.8. The highest BCUT2D eigenvalue weighted by molar-refractivity contribution is 6.02. The summed E-state index contributed by atoms with van der Waals surface area (Å²) in [5.41, 5.74) is 0.367. The van der Waals surface area contributed by atoms with Crippen molar-refractivity contribution >= 4 is 23.4 Å². The van der Waals surface area contributed by atoms with Crippen molar-refractivity contribution in [1.82, 2.24) is 10.2 Å². The lowest BCUT2D eigenvalue weighted by Crippen LogP contribution is -2.58. The van der Waals surface area contributed by atoms with E-state index in [9.17, 15) is 19.5 Å². The molecule has 6 atom stereocenters. The first-order chi connectivity index (χ1) is 21.9. The lowest BCUT2D eigenvalue weighted by atomic mass is 9.65. The van der Waals surface area contributed by atoms with Gasteiger partial charge in [-0.2, -0.15) is 0 Å². The number of fused-ring (bicyclic) bond motifs is 1. The van der Waals surface area contributed by atoms with E-state index in [4.69, 9.17) is 9.47 Å². The van der Waals surface area contributed by atoms with E-state index in [2.05, 4.69) is 10.6 Å². The lowest BCUT2D eigenvalue weighted by Gasteiger charge is -2.37. The van der Waals surface area contributed by atoms with Crippen LogP contribution in [0.2, 0.25) is 0 Å². The van der Waals surface area contributed by atoms with Gasteiger partial charge in [0.05, 0.1) is 36.7 Å². The van der Waals surface area contributed by atoms with E-state index >= 15 is 0 Å². The van der Waals surface area contributed by atoms with Crippen LogP contribution in [0.15, 0.2) is 84.9 Å². The van der Waals surface area contributed by atoms with E-state index < -0.39 is 35.1 Å². The number of hydrogen-bond acceptors (Lipinski definition) is 6. The van der Waals surface area contributed by atoms with E-state index in [-0.39, 0.29) is 30.9 Å². The fourth-order valence-electron chi connectivity index (χ4n) is 7.79. The van der Waals surface area contributed by atoms with Crippen LogP contribution in [0.3, 0.4) is 0 Å². The van der Waals surface area contributed by atoms with Crippen molar-refractivity contribution in [2.75, 3.05) is 18.5 Å². The number of amides is 3. The van der Waals surface area contributed by atoms with E-state index in [1.165, 1.54) is 4.90 Å². The smallest absolute Gasteiger partial charge is 0.246 e. The molecule has 1 spiro atoms. The Kier molecular flexibility index (Phi) is 8.66. The third-order valence-corrected chi connectivity index (χ3v) is 9.81. The van der Waals surface area contributed by atoms with Crippen molar-refractivity contribution in [3.05, 3.63) is 96.1 Å². The summed E-state index contributed by atoms with van der Waals surface area (Å²) < 4.78 is 12.4. The molecule has 2 bridgehead atoms. The Morgan fingerprint density at radius 1 is 0.956 bits per heavy atom. The minimum absolute atomic E-state index is 0.280. The molecular formula is C36H41N3O6. The number of aliphatic hydroxyl groups is 1. The Labute approximate surface area is 263 Å². The van der Waals surface area contributed by atoms with Gasteiger partial charge >= 0.3 is 0 Å².